The topological polar surface area (TPSA) is 56.9 Å². The maximum absolute atomic E-state index is 9.89. The Morgan fingerprint density at radius 2 is 2.19 bits per heavy atom. The van der Waals surface area contributed by atoms with Crippen molar-refractivity contribution in [1.82, 2.24) is 4.98 Å². The molecule has 0 spiro atoms. The third kappa shape index (κ3) is 1.88. The molecule has 1 aromatic heterocycles. The smallest absolute Gasteiger partial charge is 0.0927 e. The monoisotopic (exact) mass is 212 g/mol. The van der Waals surface area contributed by atoms with Crippen LogP contribution in [-0.2, 0) is 0 Å². The summed E-state index contributed by atoms with van der Waals surface area (Å²) in [6.07, 6.45) is -0.635. The molecule has 0 amide bonds. The number of aryl methyl sites for hydroxylation is 1. The Labute approximate surface area is 94.0 Å². The molecule has 0 saturated heterocycles. The van der Waals surface area contributed by atoms with Gasteiger partial charge in [0.15, 0.2) is 0 Å². The number of hydrogen-bond acceptors (Lipinski definition) is 3. The number of pyridine rings is 1. The van der Waals surface area contributed by atoms with E-state index in [-0.39, 0.29) is 6.42 Å². The normalized spacial score (nSPS) is 12.3. The maximum atomic E-state index is 9.89. The van der Waals surface area contributed by atoms with Crippen molar-refractivity contribution < 1.29 is 5.11 Å². The molecule has 1 N–H and O–H groups in total. The molecule has 2 aromatic rings. The van der Waals surface area contributed by atoms with E-state index in [1.54, 1.807) is 0 Å². The van der Waals surface area contributed by atoms with Gasteiger partial charge in [0.1, 0.15) is 0 Å². The van der Waals surface area contributed by atoms with Crippen LogP contribution in [0.1, 0.15) is 23.8 Å². The molecule has 1 atom stereocenters. The average Bonchev–Trinajstić information content (AvgIpc) is 2.28. The lowest BCUT2D eigenvalue weighted by molar-refractivity contribution is 0.185. The van der Waals surface area contributed by atoms with Gasteiger partial charge in [0, 0.05) is 11.1 Å². The van der Waals surface area contributed by atoms with Gasteiger partial charge in [-0.2, -0.15) is 5.26 Å². The minimum atomic E-state index is -0.739. The summed E-state index contributed by atoms with van der Waals surface area (Å²) in [6, 6.07) is 11.5. The third-order valence-electron chi connectivity index (χ3n) is 2.52. The standard InChI is InChI=1S/C13H12N2O/c1-9-8-11(13(16)6-7-14)10-4-2-3-5-12(10)15-9/h2-5,8,13,16H,6H2,1H3. The zero-order chi connectivity index (χ0) is 11.5. The van der Waals surface area contributed by atoms with Crippen LogP contribution in [0.2, 0.25) is 0 Å². The van der Waals surface area contributed by atoms with Crippen LogP contribution >= 0.6 is 0 Å². The van der Waals surface area contributed by atoms with Gasteiger partial charge >= 0.3 is 0 Å². The van der Waals surface area contributed by atoms with Gasteiger partial charge in [0.05, 0.1) is 24.1 Å². The molecule has 16 heavy (non-hydrogen) atoms. The van der Waals surface area contributed by atoms with Gasteiger partial charge in [-0.05, 0) is 24.6 Å². The van der Waals surface area contributed by atoms with Crippen molar-refractivity contribution in [3.63, 3.8) is 0 Å². The van der Waals surface area contributed by atoms with Crippen LogP contribution in [0.3, 0.4) is 0 Å². The highest BCUT2D eigenvalue weighted by Gasteiger charge is 2.11. The second-order valence-corrected chi connectivity index (χ2v) is 3.75. The first-order chi connectivity index (χ1) is 7.72. The lowest BCUT2D eigenvalue weighted by Gasteiger charge is -2.11. The van der Waals surface area contributed by atoms with Crippen LogP contribution in [0.5, 0.6) is 0 Å². The van der Waals surface area contributed by atoms with Crippen molar-refractivity contribution in [3.05, 3.63) is 41.6 Å². The summed E-state index contributed by atoms with van der Waals surface area (Å²) in [7, 11) is 0. The Kier molecular flexibility index (Phi) is 2.84. The summed E-state index contributed by atoms with van der Waals surface area (Å²) in [5.74, 6) is 0. The molecule has 0 saturated carbocycles. The number of aliphatic hydroxyl groups is 1. The van der Waals surface area contributed by atoms with Crippen molar-refractivity contribution in [3.8, 4) is 6.07 Å². The molecule has 3 heteroatoms. The lowest BCUT2D eigenvalue weighted by Crippen LogP contribution is -1.99. The molecule has 2 rings (SSSR count). The van der Waals surface area contributed by atoms with Gasteiger partial charge in [-0.25, -0.2) is 0 Å². The average molecular weight is 212 g/mol. The van der Waals surface area contributed by atoms with E-state index in [1.807, 2.05) is 43.3 Å². The maximum Gasteiger partial charge on any atom is 0.0927 e. The fraction of sp³-hybridized carbons (Fsp3) is 0.231. The molecule has 80 valence electrons. The SMILES string of the molecule is Cc1cc(C(O)CC#N)c2ccccc2n1. The minimum Gasteiger partial charge on any atom is -0.387 e. The van der Waals surface area contributed by atoms with Gasteiger partial charge in [0.25, 0.3) is 0 Å². The van der Waals surface area contributed by atoms with E-state index in [0.29, 0.717) is 0 Å². The Hall–Kier alpha value is -1.92. The summed E-state index contributed by atoms with van der Waals surface area (Å²) in [5.41, 5.74) is 2.49. The first kappa shape index (κ1) is 10.6. The molecule has 0 radical (unpaired) electrons. The predicted octanol–water partition coefficient (Wildman–Crippen LogP) is 2.49. The minimum absolute atomic E-state index is 0.105. The first-order valence-corrected chi connectivity index (χ1v) is 5.13. The van der Waals surface area contributed by atoms with Crippen molar-refractivity contribution in [2.24, 2.45) is 0 Å². The summed E-state index contributed by atoms with van der Waals surface area (Å²) >= 11 is 0. The van der Waals surface area contributed by atoms with Gasteiger partial charge in [-0.15, -0.1) is 0 Å². The highest BCUT2D eigenvalue weighted by Crippen LogP contribution is 2.25. The Balaban J connectivity index is 2.63. The van der Waals surface area contributed by atoms with E-state index in [2.05, 4.69) is 4.98 Å². The number of benzene rings is 1. The largest absolute Gasteiger partial charge is 0.387 e. The molecule has 0 aliphatic carbocycles. The van der Waals surface area contributed by atoms with Crippen LogP contribution < -0.4 is 0 Å². The summed E-state index contributed by atoms with van der Waals surface area (Å²) < 4.78 is 0. The summed E-state index contributed by atoms with van der Waals surface area (Å²) in [4.78, 5) is 4.38. The van der Waals surface area contributed by atoms with Gasteiger partial charge < -0.3 is 5.11 Å². The Morgan fingerprint density at radius 3 is 2.94 bits per heavy atom. The molecular formula is C13H12N2O. The number of aliphatic hydroxyl groups excluding tert-OH is 1. The Morgan fingerprint density at radius 1 is 1.44 bits per heavy atom. The summed E-state index contributed by atoms with van der Waals surface area (Å²) in [6.45, 7) is 1.88. The third-order valence-corrected chi connectivity index (χ3v) is 2.52. The van der Waals surface area contributed by atoms with Crippen LogP contribution in [0.4, 0.5) is 0 Å². The van der Waals surface area contributed by atoms with Crippen LogP contribution in [0.15, 0.2) is 30.3 Å². The number of fused-ring (bicyclic) bond motifs is 1. The van der Waals surface area contributed by atoms with Crippen LogP contribution in [0, 0.1) is 18.3 Å². The molecule has 0 aliphatic heterocycles. The molecule has 0 fully saturated rings. The van der Waals surface area contributed by atoms with Gasteiger partial charge in [-0.3, -0.25) is 4.98 Å². The number of para-hydroxylation sites is 1. The fourth-order valence-corrected chi connectivity index (χ4v) is 1.81. The number of aromatic nitrogens is 1. The highest BCUT2D eigenvalue weighted by molar-refractivity contribution is 5.82. The van der Waals surface area contributed by atoms with Crippen molar-refractivity contribution in [1.29, 1.82) is 5.26 Å². The van der Waals surface area contributed by atoms with Gasteiger partial charge in [0.2, 0.25) is 0 Å². The second kappa shape index (κ2) is 4.30. The molecule has 1 aromatic carbocycles. The molecule has 0 aliphatic rings. The number of nitrogens with zero attached hydrogens (tertiary/aromatic N) is 2. The molecular weight excluding hydrogens is 200 g/mol. The van der Waals surface area contributed by atoms with Crippen molar-refractivity contribution in [2.45, 2.75) is 19.4 Å². The Bertz CT molecular complexity index is 557. The molecule has 0 bridgehead atoms. The molecule has 1 heterocycles. The highest BCUT2D eigenvalue weighted by atomic mass is 16.3. The number of nitriles is 1. The van der Waals surface area contributed by atoms with Crippen LogP contribution in [-0.4, -0.2) is 10.1 Å². The van der Waals surface area contributed by atoms with E-state index in [0.717, 1.165) is 22.2 Å². The van der Waals surface area contributed by atoms with E-state index < -0.39 is 6.10 Å². The predicted molar refractivity (Wildman–Crippen MR) is 61.7 cm³/mol. The molecule has 1 unspecified atom stereocenters. The second-order valence-electron chi connectivity index (χ2n) is 3.75. The van der Waals surface area contributed by atoms with E-state index >= 15 is 0 Å². The van der Waals surface area contributed by atoms with E-state index in [4.69, 9.17) is 5.26 Å². The quantitative estimate of drug-likeness (QED) is 0.832. The zero-order valence-corrected chi connectivity index (χ0v) is 9.01. The lowest BCUT2D eigenvalue weighted by atomic mass is 10.0. The molecule has 3 nitrogen and oxygen atoms in total. The van der Waals surface area contributed by atoms with E-state index in [1.165, 1.54) is 0 Å². The van der Waals surface area contributed by atoms with Crippen molar-refractivity contribution >= 4 is 10.9 Å². The first-order valence-electron chi connectivity index (χ1n) is 5.13. The summed E-state index contributed by atoms with van der Waals surface area (Å²) in [5, 5.41) is 19.4. The fourth-order valence-electron chi connectivity index (χ4n) is 1.81. The van der Waals surface area contributed by atoms with E-state index in [9.17, 15) is 5.11 Å². The zero-order valence-electron chi connectivity index (χ0n) is 9.01. The van der Waals surface area contributed by atoms with Gasteiger partial charge in [-0.1, -0.05) is 18.2 Å². The van der Waals surface area contributed by atoms with Crippen molar-refractivity contribution in [2.75, 3.05) is 0 Å². The number of hydrogen-bond donors (Lipinski definition) is 1. The van der Waals surface area contributed by atoms with Crippen LogP contribution in [0.25, 0.3) is 10.9 Å². The number of rotatable bonds is 2.